The molecule has 0 saturated heterocycles. The zero-order valence-electron chi connectivity index (χ0n) is 17.7. The lowest BCUT2D eigenvalue weighted by atomic mass is 9.88. The van der Waals surface area contributed by atoms with E-state index >= 15 is 0 Å². The van der Waals surface area contributed by atoms with Crippen molar-refractivity contribution in [2.75, 3.05) is 0 Å². The standard InChI is InChI=1S/C25H23N5O/c1-25(2,3)19-9-10-27-24(13-19)30-23-15-22(8-7-18(23)16-28-30)31-21-6-4-5-20(14-21)29-12-11-26-17-29/h4-17H,1-3H3. The molecule has 6 nitrogen and oxygen atoms in total. The first-order chi connectivity index (χ1) is 15.0. The lowest BCUT2D eigenvalue weighted by molar-refractivity contribution is 0.483. The average Bonchev–Trinajstić information content (AvgIpc) is 3.44. The van der Waals surface area contributed by atoms with Gasteiger partial charge in [-0.25, -0.2) is 14.6 Å². The molecule has 154 valence electrons. The number of fused-ring (bicyclic) bond motifs is 1. The van der Waals surface area contributed by atoms with Crippen LogP contribution in [0.4, 0.5) is 0 Å². The van der Waals surface area contributed by atoms with Crippen LogP contribution in [0.15, 0.2) is 85.7 Å². The summed E-state index contributed by atoms with van der Waals surface area (Å²) < 4.78 is 9.97. The molecular formula is C25H23N5O. The molecule has 0 bridgehead atoms. The van der Waals surface area contributed by atoms with Crippen LogP contribution in [-0.2, 0) is 5.41 Å². The van der Waals surface area contributed by atoms with E-state index in [0.29, 0.717) is 0 Å². The first kappa shape index (κ1) is 19.1. The van der Waals surface area contributed by atoms with E-state index in [9.17, 15) is 0 Å². The Labute approximate surface area is 180 Å². The number of benzene rings is 2. The Hall–Kier alpha value is -3.93. The van der Waals surface area contributed by atoms with Crippen LogP contribution in [0.2, 0.25) is 0 Å². The third kappa shape index (κ3) is 3.80. The molecule has 0 aliphatic carbocycles. The molecule has 31 heavy (non-hydrogen) atoms. The van der Waals surface area contributed by atoms with E-state index in [1.165, 1.54) is 5.56 Å². The van der Waals surface area contributed by atoms with Gasteiger partial charge in [0.05, 0.1) is 23.7 Å². The van der Waals surface area contributed by atoms with Gasteiger partial charge in [0.2, 0.25) is 0 Å². The van der Waals surface area contributed by atoms with Gasteiger partial charge in [0.15, 0.2) is 5.82 Å². The Balaban J connectivity index is 1.50. The predicted molar refractivity (Wildman–Crippen MR) is 121 cm³/mol. The monoisotopic (exact) mass is 409 g/mol. The second-order valence-electron chi connectivity index (χ2n) is 8.50. The van der Waals surface area contributed by atoms with Crippen molar-refractivity contribution in [1.82, 2.24) is 24.3 Å². The first-order valence-corrected chi connectivity index (χ1v) is 10.2. The van der Waals surface area contributed by atoms with Crippen molar-refractivity contribution in [3.8, 4) is 23.0 Å². The summed E-state index contributed by atoms with van der Waals surface area (Å²) in [6.07, 6.45) is 9.12. The van der Waals surface area contributed by atoms with Crippen LogP contribution in [-0.4, -0.2) is 24.3 Å². The van der Waals surface area contributed by atoms with Crippen LogP contribution in [0.25, 0.3) is 22.4 Å². The summed E-state index contributed by atoms with van der Waals surface area (Å²) in [6.45, 7) is 6.57. The summed E-state index contributed by atoms with van der Waals surface area (Å²) in [5.74, 6) is 2.29. The molecule has 0 spiro atoms. The lowest BCUT2D eigenvalue weighted by Crippen LogP contribution is -2.12. The Bertz CT molecular complexity index is 1350. The van der Waals surface area contributed by atoms with E-state index < -0.39 is 0 Å². The maximum Gasteiger partial charge on any atom is 0.154 e. The summed E-state index contributed by atoms with van der Waals surface area (Å²) >= 11 is 0. The predicted octanol–water partition coefficient (Wildman–Crippen LogP) is 5.70. The van der Waals surface area contributed by atoms with Crippen molar-refractivity contribution < 1.29 is 4.74 Å². The maximum atomic E-state index is 6.17. The minimum atomic E-state index is 0.0369. The van der Waals surface area contributed by atoms with Crippen molar-refractivity contribution in [2.24, 2.45) is 0 Å². The minimum Gasteiger partial charge on any atom is -0.457 e. The molecule has 0 unspecified atom stereocenters. The minimum absolute atomic E-state index is 0.0369. The molecule has 5 aromatic rings. The fourth-order valence-corrected chi connectivity index (χ4v) is 3.50. The quantitative estimate of drug-likeness (QED) is 0.382. The third-order valence-electron chi connectivity index (χ3n) is 5.23. The van der Waals surface area contributed by atoms with Crippen molar-refractivity contribution in [2.45, 2.75) is 26.2 Å². The normalized spacial score (nSPS) is 11.7. The Morgan fingerprint density at radius 2 is 1.77 bits per heavy atom. The summed E-state index contributed by atoms with van der Waals surface area (Å²) in [5, 5.41) is 5.60. The number of imidazole rings is 1. The van der Waals surface area contributed by atoms with E-state index in [4.69, 9.17) is 4.74 Å². The van der Waals surface area contributed by atoms with E-state index in [-0.39, 0.29) is 5.41 Å². The SMILES string of the molecule is CC(C)(C)c1ccnc(-n2ncc3ccc(Oc4cccc(-n5ccnc5)c4)cc32)c1. The first-order valence-electron chi connectivity index (χ1n) is 10.2. The van der Waals surface area contributed by atoms with Crippen LogP contribution in [0.1, 0.15) is 26.3 Å². The molecule has 0 saturated carbocycles. The number of aromatic nitrogens is 5. The molecule has 0 radical (unpaired) electrons. The van der Waals surface area contributed by atoms with Crippen LogP contribution >= 0.6 is 0 Å². The number of pyridine rings is 1. The zero-order chi connectivity index (χ0) is 21.4. The molecule has 0 N–H and O–H groups in total. The highest BCUT2D eigenvalue weighted by molar-refractivity contribution is 5.81. The fourth-order valence-electron chi connectivity index (χ4n) is 3.50. The van der Waals surface area contributed by atoms with Gasteiger partial charge in [-0.2, -0.15) is 5.10 Å². The number of nitrogens with zero attached hydrogens (tertiary/aromatic N) is 5. The molecule has 5 rings (SSSR count). The lowest BCUT2D eigenvalue weighted by Gasteiger charge is -2.19. The Morgan fingerprint density at radius 1 is 0.903 bits per heavy atom. The number of hydrogen-bond donors (Lipinski definition) is 0. The fraction of sp³-hybridized carbons (Fsp3) is 0.160. The molecule has 0 fully saturated rings. The third-order valence-corrected chi connectivity index (χ3v) is 5.23. The van der Waals surface area contributed by atoms with Gasteiger partial charge < -0.3 is 9.30 Å². The van der Waals surface area contributed by atoms with Crippen molar-refractivity contribution >= 4 is 10.9 Å². The second-order valence-corrected chi connectivity index (χ2v) is 8.50. The van der Waals surface area contributed by atoms with Gasteiger partial charge >= 0.3 is 0 Å². The van der Waals surface area contributed by atoms with E-state index in [2.05, 4.69) is 48.0 Å². The molecule has 6 heteroatoms. The average molecular weight is 409 g/mol. The number of ether oxygens (including phenoxy) is 1. The molecular weight excluding hydrogens is 386 g/mol. The second kappa shape index (κ2) is 7.40. The van der Waals surface area contributed by atoms with Crippen molar-refractivity contribution in [1.29, 1.82) is 0 Å². The Morgan fingerprint density at radius 3 is 2.58 bits per heavy atom. The van der Waals surface area contributed by atoms with Gasteiger partial charge in [-0.15, -0.1) is 0 Å². The number of hydrogen-bond acceptors (Lipinski definition) is 4. The van der Waals surface area contributed by atoms with Crippen molar-refractivity contribution in [3.05, 3.63) is 91.3 Å². The summed E-state index contributed by atoms with van der Waals surface area (Å²) in [4.78, 5) is 8.66. The van der Waals surface area contributed by atoms with Crippen molar-refractivity contribution in [3.63, 3.8) is 0 Å². The van der Waals surface area contributed by atoms with Crippen LogP contribution in [0, 0.1) is 0 Å². The zero-order valence-corrected chi connectivity index (χ0v) is 17.7. The van der Waals surface area contributed by atoms with E-state index in [1.54, 1.807) is 12.5 Å². The van der Waals surface area contributed by atoms with Crippen LogP contribution < -0.4 is 4.74 Å². The smallest absolute Gasteiger partial charge is 0.154 e. The molecule has 0 atom stereocenters. The van der Waals surface area contributed by atoms with Gasteiger partial charge in [0, 0.05) is 36.1 Å². The molecule has 3 aromatic heterocycles. The molecule has 0 aliphatic heterocycles. The van der Waals surface area contributed by atoms with Gasteiger partial charge in [-0.3, -0.25) is 0 Å². The largest absolute Gasteiger partial charge is 0.457 e. The highest BCUT2D eigenvalue weighted by Crippen LogP contribution is 2.29. The highest BCUT2D eigenvalue weighted by Gasteiger charge is 2.16. The van der Waals surface area contributed by atoms with E-state index in [1.807, 2.05) is 70.3 Å². The number of rotatable bonds is 4. The molecule has 0 aliphatic rings. The summed E-state index contributed by atoms with van der Waals surface area (Å²) in [5.41, 5.74) is 3.19. The molecule has 3 heterocycles. The molecule has 2 aromatic carbocycles. The van der Waals surface area contributed by atoms with Gasteiger partial charge in [0.25, 0.3) is 0 Å². The van der Waals surface area contributed by atoms with E-state index in [0.717, 1.165) is 33.9 Å². The topological polar surface area (TPSA) is 57.8 Å². The maximum absolute atomic E-state index is 6.17. The summed E-state index contributed by atoms with van der Waals surface area (Å²) in [7, 11) is 0. The Kier molecular flexibility index (Phi) is 4.55. The van der Waals surface area contributed by atoms with Gasteiger partial charge in [-0.05, 0) is 47.4 Å². The van der Waals surface area contributed by atoms with Gasteiger partial charge in [0.1, 0.15) is 11.5 Å². The van der Waals surface area contributed by atoms with Crippen LogP contribution in [0.3, 0.4) is 0 Å². The molecule has 0 amide bonds. The van der Waals surface area contributed by atoms with Gasteiger partial charge in [-0.1, -0.05) is 26.8 Å². The summed E-state index contributed by atoms with van der Waals surface area (Å²) in [6, 6.07) is 18.0. The van der Waals surface area contributed by atoms with Crippen LogP contribution in [0.5, 0.6) is 11.5 Å². The highest BCUT2D eigenvalue weighted by atomic mass is 16.5.